The average molecular weight is 335 g/mol. The number of pyridine rings is 2. The predicted octanol–water partition coefficient (Wildman–Crippen LogP) is 2.52. The number of aromatic nitrogens is 2. The summed E-state index contributed by atoms with van der Waals surface area (Å²) in [4.78, 5) is 31.1. The summed E-state index contributed by atoms with van der Waals surface area (Å²) in [6, 6.07) is 11.6. The Bertz CT molecular complexity index is 933. The van der Waals surface area contributed by atoms with Crippen LogP contribution in [-0.4, -0.2) is 22.4 Å². The van der Waals surface area contributed by atoms with Gasteiger partial charge in [-0.25, -0.2) is 0 Å². The smallest absolute Gasteiger partial charge is 0.251 e. The number of nitrogens with one attached hydrogen (secondary N) is 2. The van der Waals surface area contributed by atoms with Crippen LogP contribution in [0.5, 0.6) is 0 Å². The first kappa shape index (κ1) is 16.9. The Kier molecular flexibility index (Phi) is 5.23. The quantitative estimate of drug-likeness (QED) is 0.727. The van der Waals surface area contributed by atoms with E-state index in [4.69, 9.17) is 0 Å². The Morgan fingerprint density at radius 1 is 1.20 bits per heavy atom. The Balaban J connectivity index is 1.55. The summed E-state index contributed by atoms with van der Waals surface area (Å²) < 4.78 is 0. The Hall–Kier alpha value is -2.95. The standard InChI is InChI=1S/C20H21N3O2/c1-14-4-6-18-17(11-14)12-16(20(25)23-18)5-7-19(24)22-10-8-15-3-2-9-21-13-15/h2-4,6,9,11-13H,5,7-8,10H2,1H3,(H,22,24)(H,23,25). The molecular formula is C20H21N3O2. The first-order chi connectivity index (χ1) is 12.1. The number of nitrogens with zero attached hydrogens (tertiary/aromatic N) is 1. The van der Waals surface area contributed by atoms with Gasteiger partial charge in [-0.1, -0.05) is 17.7 Å². The van der Waals surface area contributed by atoms with Crippen molar-refractivity contribution in [1.82, 2.24) is 15.3 Å². The number of hydrogen-bond donors (Lipinski definition) is 2. The summed E-state index contributed by atoms with van der Waals surface area (Å²) in [5.74, 6) is -0.0485. The average Bonchev–Trinajstić information content (AvgIpc) is 2.61. The molecule has 5 nitrogen and oxygen atoms in total. The number of amides is 1. The molecule has 0 aliphatic rings. The van der Waals surface area contributed by atoms with Crippen LogP contribution in [-0.2, 0) is 17.6 Å². The first-order valence-corrected chi connectivity index (χ1v) is 8.40. The van der Waals surface area contributed by atoms with Crippen LogP contribution in [0.1, 0.15) is 23.1 Å². The van der Waals surface area contributed by atoms with E-state index in [1.165, 1.54) is 0 Å². The molecule has 5 heteroatoms. The van der Waals surface area contributed by atoms with Gasteiger partial charge in [-0.05, 0) is 55.0 Å². The van der Waals surface area contributed by atoms with E-state index in [2.05, 4.69) is 15.3 Å². The molecule has 0 aliphatic carbocycles. The number of benzene rings is 1. The van der Waals surface area contributed by atoms with Crippen molar-refractivity contribution >= 4 is 16.8 Å². The number of fused-ring (bicyclic) bond motifs is 1. The summed E-state index contributed by atoms with van der Waals surface area (Å²) >= 11 is 0. The van der Waals surface area contributed by atoms with Gasteiger partial charge in [0.15, 0.2) is 0 Å². The van der Waals surface area contributed by atoms with Crippen LogP contribution >= 0.6 is 0 Å². The fraction of sp³-hybridized carbons (Fsp3) is 0.250. The van der Waals surface area contributed by atoms with Crippen LogP contribution in [0.2, 0.25) is 0 Å². The lowest BCUT2D eigenvalue weighted by Crippen LogP contribution is -2.26. The fourth-order valence-electron chi connectivity index (χ4n) is 2.79. The summed E-state index contributed by atoms with van der Waals surface area (Å²) in [6.07, 6.45) is 4.99. The molecule has 0 saturated carbocycles. The molecule has 0 bridgehead atoms. The molecule has 3 aromatic rings. The molecular weight excluding hydrogens is 314 g/mol. The number of aryl methyl sites for hydroxylation is 2. The second kappa shape index (κ2) is 7.75. The van der Waals surface area contributed by atoms with Crippen LogP contribution in [0.15, 0.2) is 53.6 Å². The largest absolute Gasteiger partial charge is 0.356 e. The van der Waals surface area contributed by atoms with Gasteiger partial charge in [-0.2, -0.15) is 0 Å². The topological polar surface area (TPSA) is 74.8 Å². The minimum absolute atomic E-state index is 0.0485. The highest BCUT2D eigenvalue weighted by Crippen LogP contribution is 2.13. The molecule has 0 fully saturated rings. The van der Waals surface area contributed by atoms with Crippen molar-refractivity contribution in [1.29, 1.82) is 0 Å². The molecule has 0 unspecified atom stereocenters. The zero-order chi connectivity index (χ0) is 17.6. The van der Waals surface area contributed by atoms with Crippen molar-refractivity contribution in [2.45, 2.75) is 26.2 Å². The Morgan fingerprint density at radius 2 is 2.08 bits per heavy atom. The molecule has 2 aromatic heterocycles. The van der Waals surface area contributed by atoms with Crippen LogP contribution in [0.4, 0.5) is 0 Å². The van der Waals surface area contributed by atoms with E-state index in [1.807, 2.05) is 43.3 Å². The molecule has 2 heterocycles. The number of carbonyl (C=O) groups excluding carboxylic acids is 1. The van der Waals surface area contributed by atoms with E-state index < -0.39 is 0 Å². The summed E-state index contributed by atoms with van der Waals surface area (Å²) in [7, 11) is 0. The number of hydrogen-bond acceptors (Lipinski definition) is 3. The zero-order valence-corrected chi connectivity index (χ0v) is 14.2. The van der Waals surface area contributed by atoms with E-state index in [0.29, 0.717) is 24.9 Å². The fourth-order valence-corrected chi connectivity index (χ4v) is 2.79. The summed E-state index contributed by atoms with van der Waals surface area (Å²) in [5, 5.41) is 3.88. The minimum Gasteiger partial charge on any atom is -0.356 e. The number of carbonyl (C=O) groups is 1. The molecule has 0 radical (unpaired) electrons. The SMILES string of the molecule is Cc1ccc2[nH]c(=O)c(CCC(=O)NCCc3cccnc3)cc2c1. The van der Waals surface area contributed by atoms with Crippen molar-refractivity contribution in [3.8, 4) is 0 Å². The van der Waals surface area contributed by atoms with E-state index in [0.717, 1.165) is 28.5 Å². The van der Waals surface area contributed by atoms with E-state index in [1.54, 1.807) is 12.4 Å². The van der Waals surface area contributed by atoms with Crippen LogP contribution in [0, 0.1) is 6.92 Å². The molecule has 3 rings (SSSR count). The molecule has 1 amide bonds. The molecule has 0 spiro atoms. The molecule has 128 valence electrons. The third-order valence-corrected chi connectivity index (χ3v) is 4.16. The monoisotopic (exact) mass is 335 g/mol. The number of rotatable bonds is 6. The van der Waals surface area contributed by atoms with Gasteiger partial charge in [0.25, 0.3) is 5.56 Å². The summed E-state index contributed by atoms with van der Waals surface area (Å²) in [6.45, 7) is 2.58. The lowest BCUT2D eigenvalue weighted by atomic mass is 10.1. The van der Waals surface area contributed by atoms with Gasteiger partial charge in [-0.3, -0.25) is 14.6 Å². The second-order valence-electron chi connectivity index (χ2n) is 6.18. The zero-order valence-electron chi connectivity index (χ0n) is 14.2. The number of H-pyrrole nitrogens is 1. The van der Waals surface area contributed by atoms with Gasteiger partial charge >= 0.3 is 0 Å². The predicted molar refractivity (Wildman–Crippen MR) is 98.6 cm³/mol. The lowest BCUT2D eigenvalue weighted by molar-refractivity contribution is -0.121. The van der Waals surface area contributed by atoms with Gasteiger partial charge in [-0.15, -0.1) is 0 Å². The Labute approximate surface area is 146 Å². The van der Waals surface area contributed by atoms with E-state index in [-0.39, 0.29) is 11.5 Å². The van der Waals surface area contributed by atoms with E-state index in [9.17, 15) is 9.59 Å². The van der Waals surface area contributed by atoms with Crippen LogP contribution in [0.3, 0.4) is 0 Å². The third kappa shape index (κ3) is 4.53. The van der Waals surface area contributed by atoms with Crippen molar-refractivity contribution in [3.05, 3.63) is 75.8 Å². The van der Waals surface area contributed by atoms with Gasteiger partial charge in [0.1, 0.15) is 0 Å². The first-order valence-electron chi connectivity index (χ1n) is 8.40. The van der Waals surface area contributed by atoms with Crippen molar-refractivity contribution in [2.24, 2.45) is 0 Å². The van der Waals surface area contributed by atoms with Crippen LogP contribution < -0.4 is 10.9 Å². The maximum Gasteiger partial charge on any atom is 0.251 e. The highest BCUT2D eigenvalue weighted by molar-refractivity contribution is 5.80. The van der Waals surface area contributed by atoms with Gasteiger partial charge in [0.2, 0.25) is 5.91 Å². The second-order valence-corrected chi connectivity index (χ2v) is 6.18. The molecule has 2 N–H and O–H groups in total. The van der Waals surface area contributed by atoms with Crippen molar-refractivity contribution < 1.29 is 4.79 Å². The maximum absolute atomic E-state index is 12.1. The summed E-state index contributed by atoms with van der Waals surface area (Å²) in [5.41, 5.74) is 3.56. The number of aromatic amines is 1. The highest BCUT2D eigenvalue weighted by atomic mass is 16.1. The van der Waals surface area contributed by atoms with E-state index >= 15 is 0 Å². The van der Waals surface area contributed by atoms with Crippen LogP contribution in [0.25, 0.3) is 10.9 Å². The van der Waals surface area contributed by atoms with Gasteiger partial charge in [0.05, 0.1) is 0 Å². The molecule has 25 heavy (non-hydrogen) atoms. The highest BCUT2D eigenvalue weighted by Gasteiger charge is 2.07. The Morgan fingerprint density at radius 3 is 2.88 bits per heavy atom. The van der Waals surface area contributed by atoms with Gasteiger partial charge < -0.3 is 10.3 Å². The van der Waals surface area contributed by atoms with Gasteiger partial charge in [0, 0.05) is 36.4 Å². The maximum atomic E-state index is 12.1. The van der Waals surface area contributed by atoms with Crippen molar-refractivity contribution in [3.63, 3.8) is 0 Å². The lowest BCUT2D eigenvalue weighted by Gasteiger charge is -2.06. The normalized spacial score (nSPS) is 10.8. The molecule has 0 atom stereocenters. The molecule has 0 aliphatic heterocycles. The minimum atomic E-state index is -0.125. The van der Waals surface area contributed by atoms with Crippen molar-refractivity contribution in [2.75, 3.05) is 6.54 Å². The molecule has 0 saturated heterocycles. The molecule has 1 aromatic carbocycles. The third-order valence-electron chi connectivity index (χ3n) is 4.16.